The number of amides is 1. The number of rotatable bonds is 5. The molecule has 1 aromatic rings. The molecule has 1 amide bonds. The van der Waals surface area contributed by atoms with Gasteiger partial charge in [-0.25, -0.2) is 0 Å². The highest BCUT2D eigenvalue weighted by atomic mass is 16.5. The normalized spacial score (nSPS) is 11.4. The first-order valence-electron chi connectivity index (χ1n) is 6.58. The Hall–Kier alpha value is -1.83. The third-order valence-corrected chi connectivity index (χ3v) is 2.67. The molecule has 1 aromatic carbocycles. The Bertz CT molecular complexity index is 514. The average Bonchev–Trinajstić information content (AvgIpc) is 2.40. The fourth-order valence-electron chi connectivity index (χ4n) is 1.76. The van der Waals surface area contributed by atoms with Crippen LogP contribution in [-0.2, 0) is 4.74 Å². The van der Waals surface area contributed by atoms with Gasteiger partial charge in [0.2, 0.25) is 0 Å². The SMILES string of the molecule is COCC(C)NC(=O)c1cc(C)ccc1C#CCCO. The summed E-state index contributed by atoms with van der Waals surface area (Å²) in [5.41, 5.74) is 2.23. The van der Waals surface area contributed by atoms with Crippen LogP contribution in [0.25, 0.3) is 0 Å². The Labute approximate surface area is 120 Å². The first-order chi connectivity index (χ1) is 9.58. The molecule has 0 fully saturated rings. The molecule has 0 aromatic heterocycles. The summed E-state index contributed by atoms with van der Waals surface area (Å²) in [6, 6.07) is 5.50. The van der Waals surface area contributed by atoms with Crippen molar-refractivity contribution in [3.05, 3.63) is 34.9 Å². The number of aliphatic hydroxyl groups excluding tert-OH is 1. The average molecular weight is 275 g/mol. The van der Waals surface area contributed by atoms with Gasteiger partial charge in [0, 0.05) is 25.1 Å². The van der Waals surface area contributed by atoms with E-state index in [0.29, 0.717) is 24.2 Å². The number of aryl methyl sites for hydroxylation is 1. The second-order valence-corrected chi connectivity index (χ2v) is 4.65. The maximum atomic E-state index is 12.3. The van der Waals surface area contributed by atoms with Crippen molar-refractivity contribution < 1.29 is 14.6 Å². The van der Waals surface area contributed by atoms with Crippen LogP contribution >= 0.6 is 0 Å². The molecule has 108 valence electrons. The molecule has 1 atom stereocenters. The lowest BCUT2D eigenvalue weighted by Crippen LogP contribution is -2.36. The van der Waals surface area contributed by atoms with E-state index in [1.807, 2.05) is 32.0 Å². The Morgan fingerprint density at radius 1 is 1.50 bits per heavy atom. The summed E-state index contributed by atoms with van der Waals surface area (Å²) in [4.78, 5) is 12.3. The van der Waals surface area contributed by atoms with E-state index in [9.17, 15) is 4.79 Å². The monoisotopic (exact) mass is 275 g/mol. The summed E-state index contributed by atoms with van der Waals surface area (Å²) in [6.07, 6.45) is 0.398. The number of hydrogen-bond donors (Lipinski definition) is 2. The summed E-state index contributed by atoms with van der Waals surface area (Å²) >= 11 is 0. The summed E-state index contributed by atoms with van der Waals surface area (Å²) in [6.45, 7) is 4.29. The highest BCUT2D eigenvalue weighted by molar-refractivity contribution is 5.97. The van der Waals surface area contributed by atoms with E-state index in [4.69, 9.17) is 9.84 Å². The quantitative estimate of drug-likeness (QED) is 0.801. The maximum Gasteiger partial charge on any atom is 0.252 e. The van der Waals surface area contributed by atoms with Crippen molar-refractivity contribution in [2.75, 3.05) is 20.3 Å². The molecular formula is C16H21NO3. The molecule has 0 spiro atoms. The predicted octanol–water partition coefficient (Wildman–Crippen LogP) is 1.49. The Morgan fingerprint density at radius 3 is 2.90 bits per heavy atom. The largest absolute Gasteiger partial charge is 0.395 e. The van der Waals surface area contributed by atoms with E-state index in [0.717, 1.165) is 5.56 Å². The minimum atomic E-state index is -0.161. The topological polar surface area (TPSA) is 58.6 Å². The van der Waals surface area contributed by atoms with E-state index in [2.05, 4.69) is 17.2 Å². The van der Waals surface area contributed by atoms with Crippen molar-refractivity contribution in [3.8, 4) is 11.8 Å². The van der Waals surface area contributed by atoms with Gasteiger partial charge < -0.3 is 15.2 Å². The zero-order valence-corrected chi connectivity index (χ0v) is 12.2. The van der Waals surface area contributed by atoms with Gasteiger partial charge >= 0.3 is 0 Å². The van der Waals surface area contributed by atoms with Crippen LogP contribution in [-0.4, -0.2) is 37.4 Å². The van der Waals surface area contributed by atoms with Crippen LogP contribution in [0.1, 0.15) is 34.8 Å². The molecule has 2 N–H and O–H groups in total. The Kier molecular flexibility index (Phi) is 6.78. The molecule has 4 heteroatoms. The van der Waals surface area contributed by atoms with Gasteiger partial charge in [0.1, 0.15) is 0 Å². The molecule has 4 nitrogen and oxygen atoms in total. The van der Waals surface area contributed by atoms with E-state index >= 15 is 0 Å². The van der Waals surface area contributed by atoms with Crippen molar-refractivity contribution in [1.82, 2.24) is 5.32 Å². The minimum absolute atomic E-state index is 0.0191. The number of methoxy groups -OCH3 is 1. The smallest absolute Gasteiger partial charge is 0.252 e. The number of hydrogen-bond acceptors (Lipinski definition) is 3. The van der Waals surface area contributed by atoms with Crippen molar-refractivity contribution >= 4 is 5.91 Å². The van der Waals surface area contributed by atoms with Crippen LogP contribution in [0.2, 0.25) is 0 Å². The molecule has 0 bridgehead atoms. The summed E-state index contributed by atoms with van der Waals surface area (Å²) in [7, 11) is 1.60. The van der Waals surface area contributed by atoms with Crippen LogP contribution in [0, 0.1) is 18.8 Å². The van der Waals surface area contributed by atoms with Crippen molar-refractivity contribution in [2.45, 2.75) is 26.3 Å². The first kappa shape index (κ1) is 16.2. The van der Waals surface area contributed by atoms with Crippen molar-refractivity contribution in [2.24, 2.45) is 0 Å². The van der Waals surface area contributed by atoms with Gasteiger partial charge in [0.25, 0.3) is 5.91 Å². The number of ether oxygens (including phenoxy) is 1. The lowest BCUT2D eigenvalue weighted by Gasteiger charge is -2.14. The molecule has 20 heavy (non-hydrogen) atoms. The third-order valence-electron chi connectivity index (χ3n) is 2.67. The molecule has 0 aliphatic heterocycles. The minimum Gasteiger partial charge on any atom is -0.395 e. The Balaban J connectivity index is 2.94. The zero-order chi connectivity index (χ0) is 15.0. The van der Waals surface area contributed by atoms with Crippen LogP contribution in [0.15, 0.2) is 18.2 Å². The van der Waals surface area contributed by atoms with Crippen molar-refractivity contribution in [1.29, 1.82) is 0 Å². The molecule has 0 aliphatic rings. The van der Waals surface area contributed by atoms with Gasteiger partial charge in [-0.2, -0.15) is 0 Å². The molecule has 1 rings (SSSR count). The van der Waals surface area contributed by atoms with Crippen LogP contribution in [0.4, 0.5) is 0 Å². The van der Waals surface area contributed by atoms with E-state index in [-0.39, 0.29) is 18.6 Å². The van der Waals surface area contributed by atoms with Crippen molar-refractivity contribution in [3.63, 3.8) is 0 Å². The highest BCUT2D eigenvalue weighted by Gasteiger charge is 2.13. The fourth-order valence-corrected chi connectivity index (χ4v) is 1.76. The number of aliphatic hydroxyl groups is 1. The molecular weight excluding hydrogens is 254 g/mol. The van der Waals surface area contributed by atoms with Crippen LogP contribution < -0.4 is 5.32 Å². The first-order valence-corrected chi connectivity index (χ1v) is 6.58. The lowest BCUT2D eigenvalue weighted by atomic mass is 10.0. The molecule has 0 saturated heterocycles. The molecule has 1 unspecified atom stereocenters. The van der Waals surface area contributed by atoms with E-state index in [1.165, 1.54) is 0 Å². The maximum absolute atomic E-state index is 12.3. The second kappa shape index (κ2) is 8.36. The summed E-state index contributed by atoms with van der Waals surface area (Å²) in [5, 5.41) is 11.6. The second-order valence-electron chi connectivity index (χ2n) is 4.65. The van der Waals surface area contributed by atoms with Gasteiger partial charge in [-0.05, 0) is 26.0 Å². The predicted molar refractivity (Wildman–Crippen MR) is 78.6 cm³/mol. The Morgan fingerprint density at radius 2 is 2.25 bits per heavy atom. The van der Waals surface area contributed by atoms with E-state index < -0.39 is 0 Å². The molecule has 0 aliphatic carbocycles. The van der Waals surface area contributed by atoms with Gasteiger partial charge in [0.05, 0.1) is 18.8 Å². The highest BCUT2D eigenvalue weighted by Crippen LogP contribution is 2.11. The third kappa shape index (κ3) is 5.04. The van der Waals surface area contributed by atoms with Gasteiger partial charge in [-0.1, -0.05) is 23.5 Å². The number of nitrogens with one attached hydrogen (secondary N) is 1. The molecule has 0 saturated carbocycles. The van der Waals surface area contributed by atoms with Gasteiger partial charge in [-0.15, -0.1) is 0 Å². The summed E-state index contributed by atoms with van der Waals surface area (Å²) in [5.74, 6) is 5.60. The van der Waals surface area contributed by atoms with Gasteiger partial charge in [-0.3, -0.25) is 4.79 Å². The lowest BCUT2D eigenvalue weighted by molar-refractivity contribution is 0.0905. The van der Waals surface area contributed by atoms with Gasteiger partial charge in [0.15, 0.2) is 0 Å². The van der Waals surface area contributed by atoms with E-state index in [1.54, 1.807) is 7.11 Å². The van der Waals surface area contributed by atoms with Crippen LogP contribution in [0.3, 0.4) is 0 Å². The standard InChI is InChI=1S/C16H21NO3/c1-12-7-8-14(6-4-5-9-18)15(10-12)16(19)17-13(2)11-20-3/h7-8,10,13,18H,5,9,11H2,1-3H3,(H,17,19). The number of benzene rings is 1. The molecule has 0 heterocycles. The van der Waals surface area contributed by atoms with Crippen LogP contribution in [0.5, 0.6) is 0 Å². The fraction of sp³-hybridized carbons (Fsp3) is 0.438. The summed E-state index contributed by atoms with van der Waals surface area (Å²) < 4.78 is 5.00. The zero-order valence-electron chi connectivity index (χ0n) is 12.2. The number of carbonyl (C=O) groups is 1. The molecule has 0 radical (unpaired) electrons. The number of carbonyl (C=O) groups excluding carboxylic acids is 1.